The van der Waals surface area contributed by atoms with Crippen LogP contribution in [0.4, 0.5) is 4.39 Å². The molecule has 1 heterocycles. The molecule has 0 saturated heterocycles. The molecule has 144 valence electrons. The lowest BCUT2D eigenvalue weighted by molar-refractivity contribution is -0.121. The minimum Gasteiger partial charge on any atom is -0.350 e. The largest absolute Gasteiger partial charge is 0.350 e. The summed E-state index contributed by atoms with van der Waals surface area (Å²) in [7, 11) is 0. The predicted octanol–water partition coefficient (Wildman–Crippen LogP) is 3.52. The van der Waals surface area contributed by atoms with Crippen molar-refractivity contribution in [3.63, 3.8) is 0 Å². The molecule has 0 unspecified atom stereocenters. The highest BCUT2D eigenvalue weighted by Gasteiger charge is 2.17. The fraction of sp³-hybridized carbons (Fsp3) is 0.0870. The Balaban J connectivity index is 1.73. The Bertz CT molecular complexity index is 1240. The van der Waals surface area contributed by atoms with Crippen LogP contribution >= 0.6 is 0 Å². The number of aromatic nitrogens is 2. The predicted molar refractivity (Wildman–Crippen MR) is 110 cm³/mol. The van der Waals surface area contributed by atoms with E-state index in [9.17, 15) is 14.0 Å². The molecule has 5 nitrogen and oxygen atoms in total. The van der Waals surface area contributed by atoms with Crippen molar-refractivity contribution in [1.29, 1.82) is 0 Å². The van der Waals surface area contributed by atoms with E-state index in [1.165, 1.54) is 10.6 Å². The lowest BCUT2D eigenvalue weighted by Crippen LogP contribution is -2.33. The van der Waals surface area contributed by atoms with Gasteiger partial charge >= 0.3 is 0 Å². The average molecular weight is 387 g/mol. The second kappa shape index (κ2) is 8.06. The highest BCUT2D eigenvalue weighted by molar-refractivity contribution is 5.81. The van der Waals surface area contributed by atoms with Crippen molar-refractivity contribution in [2.45, 2.75) is 13.1 Å². The number of nitrogens with one attached hydrogen (secondary N) is 1. The molecule has 4 aromatic rings. The Kier molecular flexibility index (Phi) is 5.16. The van der Waals surface area contributed by atoms with Crippen molar-refractivity contribution in [3.8, 4) is 11.4 Å². The Hall–Kier alpha value is -3.80. The number of halogens is 1. The number of benzene rings is 3. The molecule has 0 radical (unpaired) electrons. The minimum atomic E-state index is -0.506. The molecule has 6 heteroatoms. The Morgan fingerprint density at radius 2 is 1.62 bits per heavy atom. The first kappa shape index (κ1) is 18.6. The molecule has 29 heavy (non-hydrogen) atoms. The van der Waals surface area contributed by atoms with Gasteiger partial charge in [0.05, 0.1) is 16.5 Å². The summed E-state index contributed by atoms with van der Waals surface area (Å²) in [6.45, 7) is 0.0810. The van der Waals surface area contributed by atoms with E-state index in [0.717, 1.165) is 5.56 Å². The molecule has 3 aromatic carbocycles. The lowest BCUT2D eigenvalue weighted by Gasteiger charge is -2.14. The van der Waals surface area contributed by atoms with Crippen LogP contribution in [-0.2, 0) is 17.9 Å². The van der Waals surface area contributed by atoms with Crippen LogP contribution in [0.15, 0.2) is 83.7 Å². The molecule has 0 atom stereocenters. The molecule has 0 saturated carbocycles. The molecule has 1 amide bonds. The second-order valence-electron chi connectivity index (χ2n) is 6.59. The van der Waals surface area contributed by atoms with E-state index < -0.39 is 5.82 Å². The molecule has 0 aliphatic heterocycles. The van der Waals surface area contributed by atoms with Crippen LogP contribution < -0.4 is 10.9 Å². The van der Waals surface area contributed by atoms with Crippen molar-refractivity contribution in [1.82, 2.24) is 14.9 Å². The highest BCUT2D eigenvalue weighted by atomic mass is 19.1. The van der Waals surface area contributed by atoms with Gasteiger partial charge in [0.15, 0.2) is 0 Å². The number of para-hydroxylation sites is 1. The van der Waals surface area contributed by atoms with Gasteiger partial charge in [0.2, 0.25) is 5.91 Å². The molecule has 0 aliphatic carbocycles. The summed E-state index contributed by atoms with van der Waals surface area (Å²) in [6.07, 6.45) is 0. The number of nitrogens with zero attached hydrogens (tertiary/aromatic N) is 2. The summed E-state index contributed by atoms with van der Waals surface area (Å²) in [5.74, 6) is -0.736. The molecular weight excluding hydrogens is 369 g/mol. The molecule has 0 fully saturated rings. The Labute approximate surface area is 166 Å². The van der Waals surface area contributed by atoms with Crippen LogP contribution in [0, 0.1) is 5.82 Å². The topological polar surface area (TPSA) is 64.0 Å². The van der Waals surface area contributed by atoms with Gasteiger partial charge < -0.3 is 5.32 Å². The summed E-state index contributed by atoms with van der Waals surface area (Å²) in [6, 6.07) is 22.4. The van der Waals surface area contributed by atoms with Gasteiger partial charge in [-0.2, -0.15) is 0 Å². The molecule has 0 spiro atoms. The Morgan fingerprint density at radius 3 is 2.41 bits per heavy atom. The molecule has 1 N–H and O–H groups in total. The van der Waals surface area contributed by atoms with Gasteiger partial charge in [-0.3, -0.25) is 14.2 Å². The molecule has 0 bridgehead atoms. The zero-order valence-corrected chi connectivity index (χ0v) is 15.5. The average Bonchev–Trinajstić information content (AvgIpc) is 2.75. The van der Waals surface area contributed by atoms with E-state index in [1.807, 2.05) is 30.3 Å². The summed E-state index contributed by atoms with van der Waals surface area (Å²) in [4.78, 5) is 30.1. The zero-order valence-electron chi connectivity index (χ0n) is 15.5. The fourth-order valence-electron chi connectivity index (χ4n) is 3.16. The maximum Gasteiger partial charge on any atom is 0.262 e. The van der Waals surface area contributed by atoms with Crippen LogP contribution in [0.25, 0.3) is 22.3 Å². The van der Waals surface area contributed by atoms with E-state index in [-0.39, 0.29) is 29.4 Å². The SMILES string of the molecule is O=C(Cn1c(-c2ccccc2F)nc2ccccc2c1=O)NCc1ccccc1. The van der Waals surface area contributed by atoms with Crippen LogP contribution in [0.5, 0.6) is 0 Å². The number of hydrogen-bond donors (Lipinski definition) is 1. The Morgan fingerprint density at radius 1 is 0.931 bits per heavy atom. The number of carbonyl (C=O) groups excluding carboxylic acids is 1. The van der Waals surface area contributed by atoms with Crippen molar-refractivity contribution in [2.75, 3.05) is 0 Å². The van der Waals surface area contributed by atoms with Crippen LogP contribution in [0.2, 0.25) is 0 Å². The van der Waals surface area contributed by atoms with E-state index in [2.05, 4.69) is 10.3 Å². The summed E-state index contributed by atoms with van der Waals surface area (Å²) >= 11 is 0. The second-order valence-corrected chi connectivity index (χ2v) is 6.59. The third-order valence-electron chi connectivity index (χ3n) is 4.61. The first-order valence-corrected chi connectivity index (χ1v) is 9.18. The number of carbonyl (C=O) groups is 1. The van der Waals surface area contributed by atoms with Gasteiger partial charge in [0, 0.05) is 6.54 Å². The maximum atomic E-state index is 14.4. The van der Waals surface area contributed by atoms with Crippen LogP contribution in [0.3, 0.4) is 0 Å². The molecular formula is C23H18FN3O2. The summed E-state index contributed by atoms with van der Waals surface area (Å²) < 4.78 is 15.7. The zero-order chi connectivity index (χ0) is 20.2. The standard InChI is InChI=1S/C23H18FN3O2/c24-19-12-6-4-10-17(19)22-26-20-13-7-5-11-18(20)23(29)27(22)15-21(28)25-14-16-8-2-1-3-9-16/h1-13H,14-15H2,(H,25,28). The van der Waals surface area contributed by atoms with E-state index in [0.29, 0.717) is 17.4 Å². The lowest BCUT2D eigenvalue weighted by atomic mass is 10.1. The first-order valence-electron chi connectivity index (χ1n) is 9.18. The van der Waals surface area contributed by atoms with E-state index in [4.69, 9.17) is 0 Å². The van der Waals surface area contributed by atoms with E-state index >= 15 is 0 Å². The van der Waals surface area contributed by atoms with Gasteiger partial charge in [0.1, 0.15) is 18.2 Å². The third-order valence-corrected chi connectivity index (χ3v) is 4.61. The molecule has 4 rings (SSSR count). The monoisotopic (exact) mass is 387 g/mol. The van der Waals surface area contributed by atoms with Gasteiger partial charge in [-0.25, -0.2) is 9.37 Å². The minimum absolute atomic E-state index is 0.127. The molecule has 1 aromatic heterocycles. The first-order chi connectivity index (χ1) is 14.1. The van der Waals surface area contributed by atoms with E-state index in [1.54, 1.807) is 42.5 Å². The summed E-state index contributed by atoms with van der Waals surface area (Å²) in [5, 5.41) is 3.17. The van der Waals surface area contributed by atoms with Gasteiger partial charge in [-0.05, 0) is 29.8 Å². The van der Waals surface area contributed by atoms with Crippen molar-refractivity contribution in [3.05, 3.63) is 101 Å². The number of rotatable bonds is 5. The van der Waals surface area contributed by atoms with Gasteiger partial charge in [-0.1, -0.05) is 54.6 Å². The number of fused-ring (bicyclic) bond motifs is 1. The smallest absolute Gasteiger partial charge is 0.262 e. The van der Waals surface area contributed by atoms with Gasteiger partial charge in [0.25, 0.3) is 5.56 Å². The van der Waals surface area contributed by atoms with Crippen molar-refractivity contribution >= 4 is 16.8 Å². The maximum absolute atomic E-state index is 14.4. The van der Waals surface area contributed by atoms with Crippen molar-refractivity contribution < 1.29 is 9.18 Å². The number of amides is 1. The quantitative estimate of drug-likeness (QED) is 0.570. The van der Waals surface area contributed by atoms with Crippen molar-refractivity contribution in [2.24, 2.45) is 0 Å². The fourth-order valence-corrected chi connectivity index (χ4v) is 3.16. The van der Waals surface area contributed by atoms with Crippen LogP contribution in [-0.4, -0.2) is 15.5 Å². The number of hydrogen-bond acceptors (Lipinski definition) is 3. The van der Waals surface area contributed by atoms with Crippen LogP contribution in [0.1, 0.15) is 5.56 Å². The normalized spacial score (nSPS) is 10.8. The molecule has 0 aliphatic rings. The summed E-state index contributed by atoms with van der Waals surface area (Å²) in [5.41, 5.74) is 1.19. The highest BCUT2D eigenvalue weighted by Crippen LogP contribution is 2.21. The third kappa shape index (κ3) is 3.91. The van der Waals surface area contributed by atoms with Gasteiger partial charge in [-0.15, -0.1) is 0 Å².